The molecule has 1 aliphatic heterocycles. The first-order valence-electron chi connectivity index (χ1n) is 12.1. The first-order chi connectivity index (χ1) is 17.9. The van der Waals surface area contributed by atoms with E-state index in [9.17, 15) is 13.6 Å². The van der Waals surface area contributed by atoms with Crippen LogP contribution in [0.5, 0.6) is 5.75 Å². The van der Waals surface area contributed by atoms with Gasteiger partial charge in [0.25, 0.3) is 0 Å². The fourth-order valence-electron chi connectivity index (χ4n) is 4.56. The van der Waals surface area contributed by atoms with E-state index in [2.05, 4.69) is 20.3 Å². The second kappa shape index (κ2) is 10.6. The number of nitrogens with one attached hydrogen (secondary N) is 1. The van der Waals surface area contributed by atoms with Gasteiger partial charge in [-0.1, -0.05) is 6.07 Å². The number of imidazole rings is 1. The van der Waals surface area contributed by atoms with Crippen LogP contribution >= 0.6 is 0 Å². The highest BCUT2D eigenvalue weighted by Gasteiger charge is 2.24. The highest BCUT2D eigenvalue weighted by atomic mass is 19.1. The molecule has 1 N–H and O–H groups in total. The lowest BCUT2D eigenvalue weighted by Gasteiger charge is -2.23. The molecule has 0 radical (unpaired) electrons. The standard InChI is InChI=1S/C27H27F2N5O3/c1-34-14-24(31-15-34)19(16-3-4-26(36-2)22(29)9-16)12-25(35)17-10-21(28)20-13-30-27(33-23(20)11-17)32-18-5-7-37-8-6-18/h3-4,9-11,13-15,18-19H,5-8,12H2,1-2H3,(H,30,32,33)/t19-/m0/s1. The van der Waals surface area contributed by atoms with Gasteiger partial charge < -0.3 is 19.4 Å². The summed E-state index contributed by atoms with van der Waals surface area (Å²) in [6.07, 6.45) is 6.44. The van der Waals surface area contributed by atoms with Gasteiger partial charge in [-0.05, 0) is 42.7 Å². The van der Waals surface area contributed by atoms with Crippen molar-refractivity contribution >= 4 is 22.6 Å². The Kier molecular flexibility index (Phi) is 7.09. The lowest BCUT2D eigenvalue weighted by Crippen LogP contribution is -2.28. The number of benzene rings is 2. The van der Waals surface area contributed by atoms with Gasteiger partial charge in [0.2, 0.25) is 5.95 Å². The first-order valence-corrected chi connectivity index (χ1v) is 12.1. The molecule has 8 nitrogen and oxygen atoms in total. The number of ketones is 1. The summed E-state index contributed by atoms with van der Waals surface area (Å²) < 4.78 is 41.6. The van der Waals surface area contributed by atoms with Crippen LogP contribution in [0.1, 0.15) is 46.8 Å². The van der Waals surface area contributed by atoms with Gasteiger partial charge in [0.05, 0.1) is 30.0 Å². The van der Waals surface area contributed by atoms with Crippen molar-refractivity contribution < 1.29 is 23.0 Å². The molecule has 10 heteroatoms. The van der Waals surface area contributed by atoms with Crippen molar-refractivity contribution in [1.82, 2.24) is 19.5 Å². The van der Waals surface area contributed by atoms with E-state index in [-0.39, 0.29) is 34.9 Å². The van der Waals surface area contributed by atoms with E-state index >= 15 is 0 Å². The highest BCUT2D eigenvalue weighted by Crippen LogP contribution is 2.32. The van der Waals surface area contributed by atoms with Gasteiger partial charge >= 0.3 is 0 Å². The van der Waals surface area contributed by atoms with E-state index < -0.39 is 17.6 Å². The molecule has 0 amide bonds. The summed E-state index contributed by atoms with van der Waals surface area (Å²) >= 11 is 0. The van der Waals surface area contributed by atoms with E-state index in [4.69, 9.17) is 9.47 Å². The Hall–Kier alpha value is -3.92. The predicted molar refractivity (Wildman–Crippen MR) is 134 cm³/mol. The van der Waals surface area contributed by atoms with Gasteiger partial charge in [-0.15, -0.1) is 0 Å². The molecule has 3 heterocycles. The van der Waals surface area contributed by atoms with Gasteiger partial charge in [-0.3, -0.25) is 4.79 Å². The van der Waals surface area contributed by atoms with Crippen LogP contribution in [0.4, 0.5) is 14.7 Å². The molecule has 4 aromatic rings. The molecule has 0 unspecified atom stereocenters. The Morgan fingerprint density at radius 3 is 2.70 bits per heavy atom. The lowest BCUT2D eigenvalue weighted by molar-refractivity contribution is 0.0903. The number of hydrogen-bond acceptors (Lipinski definition) is 7. The molecule has 1 saturated heterocycles. The molecular weight excluding hydrogens is 480 g/mol. The summed E-state index contributed by atoms with van der Waals surface area (Å²) in [7, 11) is 3.20. The van der Waals surface area contributed by atoms with E-state index in [0.717, 1.165) is 12.8 Å². The number of Topliss-reactive ketones (excluding diaryl/α,β-unsaturated/α-hetero) is 1. The number of nitrogens with zero attached hydrogens (tertiary/aromatic N) is 4. The van der Waals surface area contributed by atoms with Gasteiger partial charge in [-0.25, -0.2) is 23.7 Å². The Bertz CT molecular complexity index is 1440. The fraction of sp³-hybridized carbons (Fsp3) is 0.333. The summed E-state index contributed by atoms with van der Waals surface area (Å²) in [6.45, 7) is 1.32. The third-order valence-corrected chi connectivity index (χ3v) is 6.58. The molecule has 1 fully saturated rings. The Labute approximate surface area is 212 Å². The van der Waals surface area contributed by atoms with Crippen molar-refractivity contribution in [1.29, 1.82) is 0 Å². The largest absolute Gasteiger partial charge is 0.494 e. The van der Waals surface area contributed by atoms with E-state index in [1.54, 1.807) is 29.2 Å². The third kappa shape index (κ3) is 5.43. The topological polar surface area (TPSA) is 91.2 Å². The van der Waals surface area contributed by atoms with E-state index in [1.807, 2.05) is 7.05 Å². The molecule has 0 aliphatic carbocycles. The van der Waals surface area contributed by atoms with Crippen LogP contribution in [0, 0.1) is 11.6 Å². The van der Waals surface area contributed by atoms with E-state index in [1.165, 1.54) is 31.5 Å². The molecule has 1 atom stereocenters. The minimum Gasteiger partial charge on any atom is -0.494 e. The summed E-state index contributed by atoms with van der Waals surface area (Å²) in [5, 5.41) is 3.50. The molecular formula is C27H27F2N5O3. The smallest absolute Gasteiger partial charge is 0.223 e. The van der Waals surface area contributed by atoms with Crippen LogP contribution in [-0.4, -0.2) is 51.7 Å². The lowest BCUT2D eigenvalue weighted by atomic mass is 9.89. The van der Waals surface area contributed by atoms with Gasteiger partial charge in [0.1, 0.15) is 5.82 Å². The van der Waals surface area contributed by atoms with Crippen LogP contribution in [0.15, 0.2) is 49.1 Å². The first kappa shape index (κ1) is 24.8. The number of hydrogen-bond donors (Lipinski definition) is 1. The van der Waals surface area contributed by atoms with Gasteiger partial charge in [0, 0.05) is 56.6 Å². The minimum atomic E-state index is -0.580. The quantitative estimate of drug-likeness (QED) is 0.347. The number of rotatable bonds is 8. The van der Waals surface area contributed by atoms with Crippen molar-refractivity contribution in [2.75, 3.05) is 25.6 Å². The second-order valence-electron chi connectivity index (χ2n) is 9.15. The number of fused-ring (bicyclic) bond motifs is 1. The summed E-state index contributed by atoms with van der Waals surface area (Å²) in [5.41, 5.74) is 1.68. The second-order valence-corrected chi connectivity index (χ2v) is 9.15. The minimum absolute atomic E-state index is 0.0357. The fourth-order valence-corrected chi connectivity index (χ4v) is 4.56. The predicted octanol–water partition coefficient (Wildman–Crippen LogP) is 4.65. The van der Waals surface area contributed by atoms with Gasteiger partial charge in [0.15, 0.2) is 17.3 Å². The number of anilines is 1. The third-order valence-electron chi connectivity index (χ3n) is 6.58. The molecule has 192 valence electrons. The number of aromatic nitrogens is 4. The molecule has 0 saturated carbocycles. The van der Waals surface area contributed by atoms with Gasteiger partial charge in [-0.2, -0.15) is 0 Å². The molecule has 2 aromatic carbocycles. The molecule has 5 rings (SSSR count). The number of aryl methyl sites for hydroxylation is 1. The number of carbonyl (C=O) groups excluding carboxylic acids is 1. The van der Waals surface area contributed by atoms with Crippen LogP contribution in [0.25, 0.3) is 10.9 Å². The number of halogens is 2. The molecule has 0 bridgehead atoms. The Morgan fingerprint density at radius 2 is 2.00 bits per heavy atom. The van der Waals surface area contributed by atoms with Crippen LogP contribution in [0.3, 0.4) is 0 Å². The average Bonchev–Trinajstić information content (AvgIpc) is 3.33. The molecule has 0 spiro atoms. The van der Waals surface area contributed by atoms with Crippen molar-refractivity contribution in [3.05, 3.63) is 77.5 Å². The Morgan fingerprint density at radius 1 is 1.19 bits per heavy atom. The highest BCUT2D eigenvalue weighted by molar-refractivity contribution is 6.00. The van der Waals surface area contributed by atoms with Crippen LogP contribution in [-0.2, 0) is 11.8 Å². The maximum atomic E-state index is 15.0. The zero-order chi connectivity index (χ0) is 25.9. The number of carbonyl (C=O) groups is 1. The summed E-state index contributed by atoms with van der Waals surface area (Å²) in [4.78, 5) is 26.5. The number of methoxy groups -OCH3 is 1. The zero-order valence-electron chi connectivity index (χ0n) is 20.6. The number of ether oxygens (including phenoxy) is 2. The summed E-state index contributed by atoms with van der Waals surface area (Å²) in [6, 6.07) is 7.51. The van der Waals surface area contributed by atoms with Crippen molar-refractivity contribution in [2.45, 2.75) is 31.2 Å². The summed E-state index contributed by atoms with van der Waals surface area (Å²) in [5.74, 6) is -1.48. The zero-order valence-corrected chi connectivity index (χ0v) is 20.6. The Balaban J connectivity index is 1.44. The van der Waals surface area contributed by atoms with E-state index in [0.29, 0.717) is 35.9 Å². The van der Waals surface area contributed by atoms with Crippen molar-refractivity contribution in [3.8, 4) is 5.75 Å². The van der Waals surface area contributed by atoms with Crippen molar-refractivity contribution in [2.24, 2.45) is 7.05 Å². The molecule has 2 aromatic heterocycles. The maximum absolute atomic E-state index is 15.0. The molecule has 1 aliphatic rings. The van der Waals surface area contributed by atoms with Crippen LogP contribution < -0.4 is 10.1 Å². The maximum Gasteiger partial charge on any atom is 0.223 e. The van der Waals surface area contributed by atoms with Crippen LogP contribution in [0.2, 0.25) is 0 Å². The molecule has 37 heavy (non-hydrogen) atoms. The monoisotopic (exact) mass is 507 g/mol. The normalized spacial score (nSPS) is 15.0. The average molecular weight is 508 g/mol. The SMILES string of the molecule is COc1ccc([C@H](CC(=O)c2cc(F)c3cnc(NC4CCOCC4)nc3c2)c2cn(C)cn2)cc1F. The van der Waals surface area contributed by atoms with Crippen molar-refractivity contribution in [3.63, 3.8) is 0 Å².